The van der Waals surface area contributed by atoms with E-state index in [0.29, 0.717) is 83.7 Å². The molecular formula is C40H44N12O4. The molecule has 1 aliphatic heterocycles. The van der Waals surface area contributed by atoms with Gasteiger partial charge in [0, 0.05) is 66.2 Å². The Hall–Kier alpha value is -6.55. The summed E-state index contributed by atoms with van der Waals surface area (Å²) < 4.78 is 12.1. The quantitative estimate of drug-likeness (QED) is 0.0705. The number of ether oxygens (including phenoxy) is 1. The summed E-state index contributed by atoms with van der Waals surface area (Å²) in [5, 5.41) is 12.3. The number of aliphatic imine (C=N–C) groups is 1. The van der Waals surface area contributed by atoms with Crippen molar-refractivity contribution < 1.29 is 19.1 Å². The number of nitrogens with zero attached hydrogens (tertiary/aromatic N) is 9. The molecule has 56 heavy (non-hydrogen) atoms. The van der Waals surface area contributed by atoms with Crippen LogP contribution in [0.25, 0.3) is 44.6 Å². The van der Waals surface area contributed by atoms with Crippen molar-refractivity contribution in [2.24, 2.45) is 16.6 Å². The van der Waals surface area contributed by atoms with Crippen LogP contribution in [0.2, 0.25) is 0 Å². The lowest BCUT2D eigenvalue weighted by atomic mass is 10.0. The van der Waals surface area contributed by atoms with Crippen molar-refractivity contribution in [3.63, 3.8) is 0 Å². The first-order valence-electron chi connectivity index (χ1n) is 18.6. The highest BCUT2D eigenvalue weighted by atomic mass is 16.5. The SMILES string of the molecule is CCN=C(/C=C(/C)N)C(=O)Nc1nc2cc(C=O)cnc2n1C/C=C/Cn1c2nc(-c3cc(C)nn3CC)ncc2c2cc(C=O)cc(OCCC3CNC3)c21. The average Bonchev–Trinajstić information content (AvgIpc) is 3.83. The smallest absolute Gasteiger partial charge is 0.276 e. The lowest BCUT2D eigenvalue weighted by Crippen LogP contribution is -2.42. The minimum absolute atomic E-state index is 0.160. The first-order valence-corrected chi connectivity index (χ1v) is 18.6. The van der Waals surface area contributed by atoms with Gasteiger partial charge < -0.3 is 20.4 Å². The maximum atomic E-state index is 13.4. The number of benzene rings is 1. The Bertz CT molecular complexity index is 2550. The Labute approximate surface area is 322 Å². The molecule has 4 N–H and O–H groups in total. The van der Waals surface area contributed by atoms with Crippen molar-refractivity contribution in [1.82, 2.24) is 44.2 Å². The lowest BCUT2D eigenvalue weighted by Gasteiger charge is -2.26. The van der Waals surface area contributed by atoms with Gasteiger partial charge in [-0.1, -0.05) is 12.2 Å². The highest BCUT2D eigenvalue weighted by molar-refractivity contribution is 6.47. The third kappa shape index (κ3) is 7.68. The van der Waals surface area contributed by atoms with Crippen molar-refractivity contribution in [3.05, 3.63) is 77.4 Å². The summed E-state index contributed by atoms with van der Waals surface area (Å²) in [5.41, 5.74) is 11.4. The molecule has 6 aromatic rings. The van der Waals surface area contributed by atoms with E-state index in [0.717, 1.165) is 53.5 Å². The van der Waals surface area contributed by atoms with Crippen LogP contribution in [0.5, 0.6) is 5.75 Å². The van der Waals surface area contributed by atoms with Crippen LogP contribution in [0.3, 0.4) is 0 Å². The zero-order valence-electron chi connectivity index (χ0n) is 31.8. The summed E-state index contributed by atoms with van der Waals surface area (Å²) in [4.78, 5) is 60.4. The van der Waals surface area contributed by atoms with Crippen LogP contribution in [0, 0.1) is 12.8 Å². The molecule has 0 saturated carbocycles. The maximum absolute atomic E-state index is 13.4. The summed E-state index contributed by atoms with van der Waals surface area (Å²) in [7, 11) is 0. The summed E-state index contributed by atoms with van der Waals surface area (Å²) in [6.07, 6.45) is 11.1. The first-order chi connectivity index (χ1) is 27.2. The predicted molar refractivity (Wildman–Crippen MR) is 215 cm³/mol. The van der Waals surface area contributed by atoms with Gasteiger partial charge in [0.15, 0.2) is 17.8 Å². The topological polar surface area (TPSA) is 202 Å². The molecule has 1 fully saturated rings. The number of imidazole rings is 1. The highest BCUT2D eigenvalue weighted by Crippen LogP contribution is 2.36. The van der Waals surface area contributed by atoms with E-state index < -0.39 is 5.91 Å². The number of hydrogen-bond acceptors (Lipinski definition) is 12. The van der Waals surface area contributed by atoms with E-state index in [4.69, 9.17) is 20.4 Å². The molecule has 1 amide bonds. The molecular weight excluding hydrogens is 713 g/mol. The number of allylic oxidation sites excluding steroid dienone is 3. The number of nitrogens with one attached hydrogen (secondary N) is 2. The number of anilines is 1. The number of amides is 1. The molecule has 1 aromatic carbocycles. The van der Waals surface area contributed by atoms with Crippen molar-refractivity contribution >= 4 is 63.2 Å². The normalized spacial score (nSPS) is 13.9. The van der Waals surface area contributed by atoms with Crippen LogP contribution in [0.1, 0.15) is 53.6 Å². The number of aryl methyl sites for hydroxylation is 2. The Morgan fingerprint density at radius 3 is 2.48 bits per heavy atom. The molecule has 6 heterocycles. The molecule has 5 aromatic heterocycles. The summed E-state index contributed by atoms with van der Waals surface area (Å²) >= 11 is 0. The molecule has 1 aliphatic rings. The zero-order valence-corrected chi connectivity index (χ0v) is 31.8. The largest absolute Gasteiger partial charge is 0.491 e. The fraction of sp³-hybridized carbons (Fsp3) is 0.325. The van der Waals surface area contributed by atoms with Crippen LogP contribution >= 0.6 is 0 Å². The van der Waals surface area contributed by atoms with Crippen molar-refractivity contribution in [1.29, 1.82) is 0 Å². The number of aromatic nitrogens is 8. The second-order valence-electron chi connectivity index (χ2n) is 13.7. The Kier molecular flexibility index (Phi) is 11.1. The van der Waals surface area contributed by atoms with Gasteiger partial charge in [-0.25, -0.2) is 19.9 Å². The number of carbonyl (C=O) groups excluding carboxylic acids is 3. The lowest BCUT2D eigenvalue weighted by molar-refractivity contribution is -0.110. The summed E-state index contributed by atoms with van der Waals surface area (Å²) in [6, 6.07) is 7.21. The van der Waals surface area contributed by atoms with Gasteiger partial charge in [-0.3, -0.25) is 33.9 Å². The van der Waals surface area contributed by atoms with Gasteiger partial charge in [0.2, 0.25) is 5.95 Å². The number of fused-ring (bicyclic) bond motifs is 4. The number of hydrogen-bond donors (Lipinski definition) is 3. The molecule has 0 unspecified atom stereocenters. The van der Waals surface area contributed by atoms with Crippen LogP contribution in [-0.2, 0) is 24.4 Å². The standard InChI is InChI=1S/C40H44N12O4/c1-5-43-32(13-24(3)41)39(55)48-40-46-31-16-28(23-54)20-45-38(31)51(40)11-8-7-10-50-35-29(15-27(22-53)17-34(35)56-12-9-26-18-42-19-26)30-21-44-36(47-37(30)50)33-14-25(4)49-52(33)6-2/h7-8,13-17,20-23,26,42H,5-6,9-12,18-19,41H2,1-4H3,(H,46,48,55)/b8-7+,24-13-,43-32?. The second-order valence-corrected chi connectivity index (χ2v) is 13.7. The molecule has 0 bridgehead atoms. The second kappa shape index (κ2) is 16.4. The van der Waals surface area contributed by atoms with Crippen LogP contribution in [-0.4, -0.2) is 89.3 Å². The van der Waals surface area contributed by atoms with Crippen LogP contribution in [0.15, 0.2) is 65.6 Å². The van der Waals surface area contributed by atoms with E-state index >= 15 is 0 Å². The van der Waals surface area contributed by atoms with Crippen molar-refractivity contribution in [3.8, 4) is 17.3 Å². The minimum atomic E-state index is -0.482. The molecule has 288 valence electrons. The van der Waals surface area contributed by atoms with Crippen LogP contribution in [0.4, 0.5) is 5.95 Å². The zero-order chi connectivity index (χ0) is 39.3. The number of pyridine rings is 1. The summed E-state index contributed by atoms with van der Waals surface area (Å²) in [5.74, 6) is 1.41. The van der Waals surface area contributed by atoms with E-state index in [1.165, 1.54) is 12.3 Å². The van der Waals surface area contributed by atoms with Gasteiger partial charge in [-0.15, -0.1) is 0 Å². The van der Waals surface area contributed by atoms with Gasteiger partial charge in [0.25, 0.3) is 5.91 Å². The van der Waals surface area contributed by atoms with Gasteiger partial charge >= 0.3 is 0 Å². The Morgan fingerprint density at radius 1 is 1.00 bits per heavy atom. The number of rotatable bonds is 16. The van der Waals surface area contributed by atoms with Crippen molar-refractivity contribution in [2.75, 3.05) is 31.6 Å². The van der Waals surface area contributed by atoms with E-state index in [-0.39, 0.29) is 18.2 Å². The number of nitrogens with two attached hydrogens (primary N) is 1. The number of carbonyl (C=O) groups is 3. The first kappa shape index (κ1) is 37.8. The fourth-order valence-electron chi connectivity index (χ4n) is 6.78. The Morgan fingerprint density at radius 2 is 1.79 bits per heavy atom. The fourth-order valence-corrected chi connectivity index (χ4v) is 6.78. The molecule has 16 heteroatoms. The number of aldehydes is 2. The minimum Gasteiger partial charge on any atom is -0.491 e. The van der Waals surface area contributed by atoms with Gasteiger partial charge in [0.1, 0.15) is 34.6 Å². The van der Waals surface area contributed by atoms with E-state index in [1.54, 1.807) is 29.8 Å². The summed E-state index contributed by atoms with van der Waals surface area (Å²) in [6.45, 7) is 11.6. The highest BCUT2D eigenvalue weighted by Gasteiger charge is 2.22. The average molecular weight is 757 g/mol. The van der Waals surface area contributed by atoms with Crippen molar-refractivity contribution in [2.45, 2.75) is 53.8 Å². The van der Waals surface area contributed by atoms with Gasteiger partial charge in [0.05, 0.1) is 17.8 Å². The van der Waals surface area contributed by atoms with Gasteiger partial charge in [-0.2, -0.15) is 5.10 Å². The molecule has 0 aliphatic carbocycles. The van der Waals surface area contributed by atoms with E-state index in [9.17, 15) is 14.4 Å². The molecule has 16 nitrogen and oxygen atoms in total. The molecule has 1 saturated heterocycles. The molecule has 0 radical (unpaired) electrons. The van der Waals surface area contributed by atoms with E-state index in [1.807, 2.05) is 49.7 Å². The molecule has 0 spiro atoms. The van der Waals surface area contributed by atoms with Gasteiger partial charge in [-0.05, 0) is 83.5 Å². The van der Waals surface area contributed by atoms with Crippen LogP contribution < -0.4 is 21.1 Å². The third-order valence-corrected chi connectivity index (χ3v) is 9.53. The van der Waals surface area contributed by atoms with E-state index in [2.05, 4.69) is 35.3 Å². The Balaban J connectivity index is 1.28. The molecule has 0 atom stereocenters. The maximum Gasteiger partial charge on any atom is 0.276 e. The third-order valence-electron chi connectivity index (χ3n) is 9.53. The predicted octanol–water partition coefficient (Wildman–Crippen LogP) is 4.65. The molecule has 7 rings (SSSR count). The monoisotopic (exact) mass is 756 g/mol.